The van der Waals surface area contributed by atoms with Crippen molar-refractivity contribution in [1.82, 2.24) is 24.9 Å². The predicted octanol–water partition coefficient (Wildman–Crippen LogP) is 4.84. The highest BCUT2D eigenvalue weighted by Crippen LogP contribution is 2.31. The van der Waals surface area contributed by atoms with Gasteiger partial charge < -0.3 is 9.72 Å². The van der Waals surface area contributed by atoms with E-state index in [2.05, 4.69) is 24.9 Å². The number of pyridine rings is 3. The van der Waals surface area contributed by atoms with E-state index in [1.807, 2.05) is 49.4 Å². The Morgan fingerprint density at radius 3 is 2.66 bits per heavy atom. The van der Waals surface area contributed by atoms with Gasteiger partial charge in [-0.05, 0) is 49.4 Å². The van der Waals surface area contributed by atoms with Crippen molar-refractivity contribution >= 4 is 16.9 Å². The van der Waals surface area contributed by atoms with Gasteiger partial charge in [-0.2, -0.15) is 0 Å². The topological polar surface area (TPSA) is 93.6 Å². The molecule has 0 saturated carbocycles. The maximum Gasteiger partial charge on any atom is 0.337 e. The summed E-state index contributed by atoms with van der Waals surface area (Å²) in [5.41, 5.74) is 7.18. The number of nitrogens with zero attached hydrogens (tertiary/aromatic N) is 4. The number of nitrogens with one attached hydrogen (secondary N) is 1. The number of carbonyl (C=O) groups excluding carboxylic acids is 1. The zero-order valence-corrected chi connectivity index (χ0v) is 17.5. The number of imidazole rings is 1. The average molecular weight is 421 g/mol. The van der Waals surface area contributed by atoms with E-state index in [-0.39, 0.29) is 0 Å². The van der Waals surface area contributed by atoms with E-state index in [1.165, 1.54) is 7.11 Å². The number of esters is 1. The van der Waals surface area contributed by atoms with Crippen LogP contribution in [0.3, 0.4) is 0 Å². The third kappa shape index (κ3) is 3.60. The van der Waals surface area contributed by atoms with Gasteiger partial charge in [-0.1, -0.05) is 12.1 Å². The van der Waals surface area contributed by atoms with E-state index in [4.69, 9.17) is 4.74 Å². The lowest BCUT2D eigenvalue weighted by molar-refractivity contribution is 0.0600. The van der Waals surface area contributed by atoms with E-state index < -0.39 is 5.97 Å². The molecule has 0 bridgehead atoms. The van der Waals surface area contributed by atoms with Crippen molar-refractivity contribution in [3.63, 3.8) is 0 Å². The molecule has 0 amide bonds. The van der Waals surface area contributed by atoms with Crippen LogP contribution in [-0.4, -0.2) is 38.0 Å². The Hall–Kier alpha value is -4.39. The molecule has 5 aromatic rings. The molecule has 7 heteroatoms. The number of H-pyrrole nitrogens is 1. The molecular weight excluding hydrogens is 402 g/mol. The molecule has 32 heavy (non-hydrogen) atoms. The fourth-order valence-electron chi connectivity index (χ4n) is 3.64. The van der Waals surface area contributed by atoms with Crippen LogP contribution in [0.2, 0.25) is 0 Å². The van der Waals surface area contributed by atoms with Crippen molar-refractivity contribution in [2.24, 2.45) is 0 Å². The van der Waals surface area contributed by atoms with Crippen molar-refractivity contribution in [3.05, 3.63) is 84.6 Å². The first kappa shape index (κ1) is 19.6. The molecule has 1 N–H and O–H groups in total. The monoisotopic (exact) mass is 421 g/mol. The van der Waals surface area contributed by atoms with Crippen LogP contribution in [0.15, 0.2) is 73.3 Å². The largest absolute Gasteiger partial charge is 0.465 e. The Morgan fingerprint density at radius 1 is 0.938 bits per heavy atom. The zero-order chi connectivity index (χ0) is 22.1. The molecule has 4 aromatic heterocycles. The third-order valence-corrected chi connectivity index (χ3v) is 5.22. The summed E-state index contributed by atoms with van der Waals surface area (Å²) in [6, 6.07) is 17.3. The maximum atomic E-state index is 11.9. The Balaban J connectivity index is 1.57. The highest BCUT2D eigenvalue weighted by molar-refractivity contribution is 5.92. The van der Waals surface area contributed by atoms with E-state index in [0.717, 1.165) is 44.8 Å². The van der Waals surface area contributed by atoms with Gasteiger partial charge in [0.2, 0.25) is 0 Å². The second-order valence-corrected chi connectivity index (χ2v) is 7.34. The SMILES string of the molecule is COC(=O)c1ccnc(-c2cnc3ccc(-c4nc[nH]c4-c4cccc(C)n4)cc3c2)c1. The Morgan fingerprint density at radius 2 is 1.81 bits per heavy atom. The number of carbonyl (C=O) groups is 1. The van der Waals surface area contributed by atoms with E-state index in [0.29, 0.717) is 11.3 Å². The normalized spacial score (nSPS) is 10.9. The molecule has 0 unspecified atom stereocenters. The quantitative estimate of drug-likeness (QED) is 0.417. The van der Waals surface area contributed by atoms with Crippen LogP contribution in [0.4, 0.5) is 0 Å². The molecule has 0 radical (unpaired) electrons. The van der Waals surface area contributed by atoms with Crippen molar-refractivity contribution in [2.45, 2.75) is 6.92 Å². The fourth-order valence-corrected chi connectivity index (χ4v) is 3.64. The maximum absolute atomic E-state index is 11.9. The summed E-state index contributed by atoms with van der Waals surface area (Å²) in [5.74, 6) is -0.402. The molecule has 0 saturated heterocycles. The molecule has 5 rings (SSSR count). The summed E-state index contributed by atoms with van der Waals surface area (Å²) in [7, 11) is 1.36. The van der Waals surface area contributed by atoms with Crippen LogP contribution in [0, 0.1) is 6.92 Å². The zero-order valence-electron chi connectivity index (χ0n) is 17.5. The molecule has 0 atom stereocenters. The third-order valence-electron chi connectivity index (χ3n) is 5.22. The van der Waals surface area contributed by atoms with Crippen LogP contribution in [-0.2, 0) is 4.74 Å². The molecule has 0 aliphatic heterocycles. The minimum absolute atomic E-state index is 0.402. The van der Waals surface area contributed by atoms with E-state index >= 15 is 0 Å². The molecular formula is C25H19N5O2. The standard InChI is InChI=1S/C25H19N5O2/c1-15-4-3-5-21(30-15)24-23(28-14-29-24)16-6-7-20-18(10-16)11-19(13-27-20)22-12-17(8-9-26-22)25(31)32-2/h3-14H,1-2H3,(H,28,29). The van der Waals surface area contributed by atoms with Gasteiger partial charge in [-0.3, -0.25) is 15.0 Å². The Bertz CT molecular complexity index is 1460. The summed E-state index contributed by atoms with van der Waals surface area (Å²) >= 11 is 0. The molecule has 7 nitrogen and oxygen atoms in total. The second-order valence-electron chi connectivity index (χ2n) is 7.34. The van der Waals surface area contributed by atoms with Gasteiger partial charge in [0.1, 0.15) is 0 Å². The molecule has 0 aliphatic carbocycles. The number of aromatic amines is 1. The average Bonchev–Trinajstić information content (AvgIpc) is 3.33. The van der Waals surface area contributed by atoms with Gasteiger partial charge in [0.25, 0.3) is 0 Å². The summed E-state index contributed by atoms with van der Waals surface area (Å²) in [5, 5.41) is 0.941. The first-order chi connectivity index (χ1) is 15.6. The van der Waals surface area contributed by atoms with Crippen molar-refractivity contribution < 1.29 is 9.53 Å². The molecule has 156 valence electrons. The van der Waals surface area contributed by atoms with Gasteiger partial charge in [0.15, 0.2) is 0 Å². The minimum Gasteiger partial charge on any atom is -0.465 e. The lowest BCUT2D eigenvalue weighted by Crippen LogP contribution is -2.01. The molecule has 0 fully saturated rings. The molecule has 0 spiro atoms. The number of benzene rings is 1. The Kier molecular flexibility index (Phi) is 4.91. The van der Waals surface area contributed by atoms with Gasteiger partial charge in [-0.25, -0.2) is 9.78 Å². The number of aromatic nitrogens is 5. The number of hydrogen-bond acceptors (Lipinski definition) is 6. The number of hydrogen-bond donors (Lipinski definition) is 1. The highest BCUT2D eigenvalue weighted by Gasteiger charge is 2.13. The number of aryl methyl sites for hydroxylation is 1. The Labute approximate surface area is 184 Å². The van der Waals surface area contributed by atoms with Crippen molar-refractivity contribution in [1.29, 1.82) is 0 Å². The lowest BCUT2D eigenvalue weighted by atomic mass is 10.0. The minimum atomic E-state index is -0.402. The molecule has 4 heterocycles. The van der Waals surface area contributed by atoms with Crippen molar-refractivity contribution in [2.75, 3.05) is 7.11 Å². The highest BCUT2D eigenvalue weighted by atomic mass is 16.5. The van der Waals surface area contributed by atoms with Crippen LogP contribution in [0.5, 0.6) is 0 Å². The molecule has 0 aliphatic rings. The van der Waals surface area contributed by atoms with Crippen molar-refractivity contribution in [3.8, 4) is 33.9 Å². The van der Waals surface area contributed by atoms with E-state index in [1.54, 1.807) is 30.9 Å². The number of ether oxygens (including phenoxy) is 1. The number of fused-ring (bicyclic) bond motifs is 1. The second kappa shape index (κ2) is 8.03. The first-order valence-electron chi connectivity index (χ1n) is 10.0. The van der Waals surface area contributed by atoms with E-state index in [9.17, 15) is 4.79 Å². The summed E-state index contributed by atoms with van der Waals surface area (Å²) in [6.07, 6.45) is 5.02. The van der Waals surface area contributed by atoms with Gasteiger partial charge >= 0.3 is 5.97 Å². The first-order valence-corrected chi connectivity index (χ1v) is 10.0. The van der Waals surface area contributed by atoms with Gasteiger partial charge in [0.05, 0.1) is 47.3 Å². The van der Waals surface area contributed by atoms with Crippen LogP contribution >= 0.6 is 0 Å². The molecule has 1 aromatic carbocycles. The van der Waals surface area contributed by atoms with Gasteiger partial charge in [-0.15, -0.1) is 0 Å². The smallest absolute Gasteiger partial charge is 0.337 e. The predicted molar refractivity (Wildman–Crippen MR) is 122 cm³/mol. The summed E-state index contributed by atoms with van der Waals surface area (Å²) < 4.78 is 4.81. The van der Waals surface area contributed by atoms with Crippen LogP contribution in [0.25, 0.3) is 44.8 Å². The number of rotatable bonds is 4. The lowest BCUT2D eigenvalue weighted by Gasteiger charge is -2.07. The number of methoxy groups -OCH3 is 1. The fraction of sp³-hybridized carbons (Fsp3) is 0.0800. The van der Waals surface area contributed by atoms with Crippen LogP contribution in [0.1, 0.15) is 16.1 Å². The van der Waals surface area contributed by atoms with Crippen LogP contribution < -0.4 is 0 Å². The van der Waals surface area contributed by atoms with Gasteiger partial charge in [0, 0.05) is 34.6 Å². The summed E-state index contributed by atoms with van der Waals surface area (Å²) in [4.78, 5) is 33.2. The summed E-state index contributed by atoms with van der Waals surface area (Å²) in [6.45, 7) is 1.96.